The van der Waals surface area contributed by atoms with Crippen molar-refractivity contribution in [1.29, 1.82) is 0 Å². The fraction of sp³-hybridized carbons (Fsp3) is 0.467. The second-order valence-electron chi connectivity index (χ2n) is 5.20. The molecule has 1 aliphatic heterocycles. The van der Waals surface area contributed by atoms with Gasteiger partial charge in [-0.1, -0.05) is 6.07 Å². The molecular formula is C15H20N4S. The molecule has 1 aliphatic rings. The van der Waals surface area contributed by atoms with E-state index in [-0.39, 0.29) is 0 Å². The Labute approximate surface area is 123 Å². The third-order valence-electron chi connectivity index (χ3n) is 3.82. The van der Waals surface area contributed by atoms with Gasteiger partial charge in [0.1, 0.15) is 5.01 Å². The topological polar surface area (TPSA) is 41.0 Å². The Bertz CT molecular complexity index is 532. The van der Waals surface area contributed by atoms with Crippen LogP contribution in [0.25, 0.3) is 10.7 Å². The molecule has 1 N–H and O–H groups in total. The lowest BCUT2D eigenvalue weighted by atomic mass is 10.1. The molecule has 5 heteroatoms. The Morgan fingerprint density at radius 1 is 1.35 bits per heavy atom. The molecule has 0 aromatic carbocycles. The van der Waals surface area contributed by atoms with Crippen molar-refractivity contribution in [3.63, 3.8) is 0 Å². The summed E-state index contributed by atoms with van der Waals surface area (Å²) in [4.78, 5) is 11.6. The van der Waals surface area contributed by atoms with Crippen LogP contribution < -0.4 is 5.32 Å². The van der Waals surface area contributed by atoms with Gasteiger partial charge in [-0.25, -0.2) is 4.98 Å². The number of pyridine rings is 1. The minimum atomic E-state index is 0.686. The van der Waals surface area contributed by atoms with Crippen LogP contribution in [0.3, 0.4) is 0 Å². The maximum absolute atomic E-state index is 4.71. The van der Waals surface area contributed by atoms with Crippen molar-refractivity contribution in [1.82, 2.24) is 20.2 Å². The number of rotatable bonds is 4. The average Bonchev–Trinajstić information content (AvgIpc) is 2.97. The number of hydrogen-bond donors (Lipinski definition) is 1. The number of likely N-dealkylation sites (tertiary alicyclic amines) is 1. The van der Waals surface area contributed by atoms with Gasteiger partial charge in [-0.2, -0.15) is 0 Å². The Morgan fingerprint density at radius 2 is 2.20 bits per heavy atom. The van der Waals surface area contributed by atoms with E-state index in [2.05, 4.69) is 27.6 Å². The van der Waals surface area contributed by atoms with Crippen LogP contribution >= 0.6 is 11.3 Å². The molecular weight excluding hydrogens is 268 g/mol. The summed E-state index contributed by atoms with van der Waals surface area (Å²) >= 11 is 1.68. The highest BCUT2D eigenvalue weighted by molar-refractivity contribution is 7.13. The molecule has 20 heavy (non-hydrogen) atoms. The maximum Gasteiger partial charge on any atom is 0.142 e. The highest BCUT2D eigenvalue weighted by Crippen LogP contribution is 2.22. The van der Waals surface area contributed by atoms with Gasteiger partial charge in [-0.3, -0.25) is 9.88 Å². The molecule has 0 radical (unpaired) electrons. The number of aromatic nitrogens is 2. The van der Waals surface area contributed by atoms with Crippen molar-refractivity contribution in [2.24, 2.45) is 0 Å². The summed E-state index contributed by atoms with van der Waals surface area (Å²) in [5.41, 5.74) is 2.14. The van der Waals surface area contributed by atoms with Gasteiger partial charge in [0.05, 0.1) is 11.4 Å². The van der Waals surface area contributed by atoms with Crippen LogP contribution in [-0.2, 0) is 6.54 Å². The van der Waals surface area contributed by atoms with Crippen molar-refractivity contribution in [3.8, 4) is 10.7 Å². The summed E-state index contributed by atoms with van der Waals surface area (Å²) in [6.45, 7) is 3.27. The van der Waals surface area contributed by atoms with Gasteiger partial charge < -0.3 is 5.32 Å². The fourth-order valence-electron chi connectivity index (χ4n) is 2.60. The van der Waals surface area contributed by atoms with Crippen LogP contribution in [0, 0.1) is 0 Å². The molecule has 0 saturated carbocycles. The average molecular weight is 288 g/mol. The zero-order valence-electron chi connectivity index (χ0n) is 11.7. The van der Waals surface area contributed by atoms with E-state index in [1.807, 2.05) is 24.4 Å². The van der Waals surface area contributed by atoms with E-state index >= 15 is 0 Å². The van der Waals surface area contributed by atoms with Crippen molar-refractivity contribution in [2.45, 2.75) is 25.4 Å². The summed E-state index contributed by atoms with van der Waals surface area (Å²) in [6, 6.07) is 6.64. The molecule has 0 spiro atoms. The van der Waals surface area contributed by atoms with Crippen LogP contribution in [0.1, 0.15) is 18.5 Å². The smallest absolute Gasteiger partial charge is 0.142 e. The second kappa shape index (κ2) is 6.43. The molecule has 0 unspecified atom stereocenters. The number of hydrogen-bond acceptors (Lipinski definition) is 5. The van der Waals surface area contributed by atoms with Gasteiger partial charge in [0.25, 0.3) is 0 Å². The fourth-order valence-corrected chi connectivity index (χ4v) is 3.38. The van der Waals surface area contributed by atoms with Gasteiger partial charge in [-0.05, 0) is 32.0 Å². The van der Waals surface area contributed by atoms with Crippen LogP contribution in [0.4, 0.5) is 0 Å². The zero-order valence-corrected chi connectivity index (χ0v) is 12.6. The molecule has 2 aromatic rings. The Kier molecular flexibility index (Phi) is 4.40. The summed E-state index contributed by atoms with van der Waals surface area (Å²) in [5.74, 6) is 0. The standard InChI is InChI=1S/C15H20N4S/c1-16-12-5-8-19(9-6-12)10-13-11-20-15(18-13)14-4-2-3-7-17-14/h2-4,7,11-12,16H,5-6,8-10H2,1H3. The van der Waals surface area contributed by atoms with E-state index in [0.29, 0.717) is 6.04 Å². The van der Waals surface area contributed by atoms with Crippen molar-refractivity contribution in [2.75, 3.05) is 20.1 Å². The Morgan fingerprint density at radius 3 is 2.90 bits per heavy atom. The lowest BCUT2D eigenvalue weighted by Crippen LogP contribution is -2.40. The van der Waals surface area contributed by atoms with Gasteiger partial charge >= 0.3 is 0 Å². The molecule has 3 rings (SSSR count). The highest BCUT2D eigenvalue weighted by atomic mass is 32.1. The molecule has 0 aliphatic carbocycles. The second-order valence-corrected chi connectivity index (χ2v) is 6.06. The first kappa shape index (κ1) is 13.7. The normalized spacial score (nSPS) is 17.4. The molecule has 0 bridgehead atoms. The first-order valence-electron chi connectivity index (χ1n) is 7.10. The largest absolute Gasteiger partial charge is 0.317 e. The van der Waals surface area contributed by atoms with Crippen LogP contribution in [0.15, 0.2) is 29.8 Å². The predicted octanol–water partition coefficient (Wildman–Crippen LogP) is 2.39. The molecule has 0 atom stereocenters. The Balaban J connectivity index is 1.61. The van der Waals surface area contributed by atoms with Crippen LogP contribution in [0.2, 0.25) is 0 Å². The molecule has 2 aromatic heterocycles. The highest BCUT2D eigenvalue weighted by Gasteiger charge is 2.18. The Hall–Kier alpha value is -1.30. The summed E-state index contributed by atoms with van der Waals surface area (Å²) in [7, 11) is 2.06. The summed E-state index contributed by atoms with van der Waals surface area (Å²) < 4.78 is 0. The number of nitrogens with one attached hydrogen (secondary N) is 1. The van der Waals surface area contributed by atoms with Gasteiger partial charge in [0.15, 0.2) is 0 Å². The summed E-state index contributed by atoms with van der Waals surface area (Å²) in [6.07, 6.45) is 4.28. The van der Waals surface area contributed by atoms with E-state index in [1.165, 1.54) is 18.5 Å². The van der Waals surface area contributed by atoms with Gasteiger partial charge in [0.2, 0.25) is 0 Å². The van der Waals surface area contributed by atoms with E-state index in [9.17, 15) is 0 Å². The third-order valence-corrected chi connectivity index (χ3v) is 4.73. The zero-order chi connectivity index (χ0) is 13.8. The molecule has 4 nitrogen and oxygen atoms in total. The van der Waals surface area contributed by atoms with Crippen LogP contribution in [-0.4, -0.2) is 41.0 Å². The lowest BCUT2D eigenvalue weighted by molar-refractivity contribution is 0.193. The molecule has 0 amide bonds. The maximum atomic E-state index is 4.71. The predicted molar refractivity (Wildman–Crippen MR) is 82.7 cm³/mol. The van der Waals surface area contributed by atoms with Crippen LogP contribution in [0.5, 0.6) is 0 Å². The molecule has 1 fully saturated rings. The SMILES string of the molecule is CNC1CCN(Cc2csc(-c3ccccn3)n2)CC1. The van der Waals surface area contributed by atoms with Crippen molar-refractivity contribution < 1.29 is 0 Å². The van der Waals surface area contributed by atoms with E-state index < -0.39 is 0 Å². The first-order chi connectivity index (χ1) is 9.85. The first-order valence-corrected chi connectivity index (χ1v) is 7.98. The van der Waals surface area contributed by atoms with E-state index in [1.54, 1.807) is 11.3 Å². The van der Waals surface area contributed by atoms with Crippen molar-refractivity contribution >= 4 is 11.3 Å². The van der Waals surface area contributed by atoms with E-state index in [4.69, 9.17) is 4.98 Å². The lowest BCUT2D eigenvalue weighted by Gasteiger charge is -2.31. The number of nitrogens with zero attached hydrogens (tertiary/aromatic N) is 3. The molecule has 1 saturated heterocycles. The minimum absolute atomic E-state index is 0.686. The number of piperidine rings is 1. The monoisotopic (exact) mass is 288 g/mol. The molecule has 3 heterocycles. The molecule has 106 valence electrons. The quantitative estimate of drug-likeness (QED) is 0.938. The number of thiazole rings is 1. The minimum Gasteiger partial charge on any atom is -0.317 e. The third kappa shape index (κ3) is 3.23. The van der Waals surface area contributed by atoms with E-state index in [0.717, 1.165) is 30.3 Å². The van der Waals surface area contributed by atoms with Gasteiger partial charge in [-0.15, -0.1) is 11.3 Å². The van der Waals surface area contributed by atoms with Gasteiger partial charge in [0, 0.05) is 37.3 Å². The summed E-state index contributed by atoms with van der Waals surface area (Å²) in [5, 5.41) is 6.55. The van der Waals surface area contributed by atoms with Crippen molar-refractivity contribution in [3.05, 3.63) is 35.5 Å².